The fraction of sp³-hybridized carbons (Fsp3) is 0. The van der Waals surface area contributed by atoms with Crippen LogP contribution in [0.4, 0.5) is 17.1 Å². The highest BCUT2D eigenvalue weighted by Gasteiger charge is 2.13. The highest BCUT2D eigenvalue weighted by atomic mass is 127. The molecule has 0 unspecified atom stereocenters. The molecular formula is C26H18IN. The summed E-state index contributed by atoms with van der Waals surface area (Å²) >= 11 is 2.38. The first kappa shape index (κ1) is 17.3. The molecule has 0 fully saturated rings. The molecule has 0 heterocycles. The molecule has 0 aliphatic heterocycles. The van der Waals surface area contributed by atoms with Gasteiger partial charge in [0.15, 0.2) is 0 Å². The van der Waals surface area contributed by atoms with E-state index in [0.717, 1.165) is 17.1 Å². The van der Waals surface area contributed by atoms with Crippen molar-refractivity contribution in [1.29, 1.82) is 0 Å². The first-order valence-corrected chi connectivity index (χ1v) is 10.4. The van der Waals surface area contributed by atoms with Gasteiger partial charge in [0, 0.05) is 20.6 Å². The summed E-state index contributed by atoms with van der Waals surface area (Å²) < 4.78 is 1.22. The zero-order valence-electron chi connectivity index (χ0n) is 15.2. The Morgan fingerprint density at radius 3 is 1.46 bits per heavy atom. The molecule has 1 nitrogen and oxygen atoms in total. The van der Waals surface area contributed by atoms with Crippen LogP contribution in [-0.2, 0) is 0 Å². The Bertz CT molecular complexity index is 1210. The van der Waals surface area contributed by atoms with Gasteiger partial charge in [0.1, 0.15) is 0 Å². The molecule has 0 atom stereocenters. The second-order valence-corrected chi connectivity index (χ2v) is 8.12. The number of hydrogen-bond acceptors (Lipinski definition) is 1. The summed E-state index contributed by atoms with van der Waals surface area (Å²) in [5.74, 6) is 0. The lowest BCUT2D eigenvalue weighted by Crippen LogP contribution is -2.10. The molecule has 0 aliphatic rings. The van der Waals surface area contributed by atoms with Gasteiger partial charge in [0.2, 0.25) is 0 Å². The van der Waals surface area contributed by atoms with Gasteiger partial charge in [0.05, 0.1) is 0 Å². The van der Waals surface area contributed by atoms with E-state index in [4.69, 9.17) is 0 Å². The molecule has 0 radical (unpaired) electrons. The summed E-state index contributed by atoms with van der Waals surface area (Å²) in [4.78, 5) is 2.33. The van der Waals surface area contributed by atoms with Crippen LogP contribution in [0.15, 0.2) is 109 Å². The second-order valence-electron chi connectivity index (χ2n) is 6.88. The standard InChI is InChI=1S/C26H18IN/c27-23-10-5-11-24(18-23)28(25-14-12-19-6-1-3-8-21(19)16-25)26-15-13-20-7-2-4-9-22(20)17-26/h1-18H. The van der Waals surface area contributed by atoms with E-state index >= 15 is 0 Å². The molecule has 0 aromatic heterocycles. The SMILES string of the molecule is Ic1cccc(N(c2ccc3ccccc3c2)c2ccc3ccccc3c2)c1. The van der Waals surface area contributed by atoms with Gasteiger partial charge in [-0.3, -0.25) is 0 Å². The van der Waals surface area contributed by atoms with Crippen LogP contribution in [0.2, 0.25) is 0 Å². The molecule has 134 valence electrons. The number of anilines is 3. The number of rotatable bonds is 3. The monoisotopic (exact) mass is 471 g/mol. The van der Waals surface area contributed by atoms with E-state index in [1.807, 2.05) is 0 Å². The molecule has 0 aliphatic carbocycles. The molecule has 0 saturated carbocycles. The maximum atomic E-state index is 2.38. The topological polar surface area (TPSA) is 3.24 Å². The van der Waals surface area contributed by atoms with E-state index in [-0.39, 0.29) is 0 Å². The molecule has 2 heteroatoms. The van der Waals surface area contributed by atoms with Gasteiger partial charge in [-0.15, -0.1) is 0 Å². The van der Waals surface area contributed by atoms with E-state index in [1.54, 1.807) is 0 Å². The minimum absolute atomic E-state index is 1.16. The van der Waals surface area contributed by atoms with Crippen molar-refractivity contribution >= 4 is 61.2 Å². The van der Waals surface area contributed by atoms with Gasteiger partial charge in [-0.25, -0.2) is 0 Å². The van der Waals surface area contributed by atoms with Crippen molar-refractivity contribution < 1.29 is 0 Å². The quantitative estimate of drug-likeness (QED) is 0.241. The van der Waals surface area contributed by atoms with Crippen LogP contribution in [0, 0.1) is 3.57 Å². The van der Waals surface area contributed by atoms with Crippen molar-refractivity contribution in [2.45, 2.75) is 0 Å². The van der Waals surface area contributed by atoms with Crippen molar-refractivity contribution in [3.05, 3.63) is 113 Å². The van der Waals surface area contributed by atoms with E-state index in [9.17, 15) is 0 Å². The van der Waals surface area contributed by atoms with Crippen LogP contribution < -0.4 is 4.90 Å². The summed E-state index contributed by atoms with van der Waals surface area (Å²) in [7, 11) is 0. The Kier molecular flexibility index (Phi) is 4.49. The van der Waals surface area contributed by atoms with Crippen LogP contribution in [0.3, 0.4) is 0 Å². The van der Waals surface area contributed by atoms with Gasteiger partial charge in [-0.05, 0) is 86.6 Å². The summed E-state index contributed by atoms with van der Waals surface area (Å²) in [6.45, 7) is 0. The lowest BCUT2D eigenvalue weighted by atomic mass is 10.1. The Morgan fingerprint density at radius 1 is 0.429 bits per heavy atom. The molecule has 0 bridgehead atoms. The maximum absolute atomic E-state index is 2.38. The van der Waals surface area contributed by atoms with Crippen molar-refractivity contribution in [3.8, 4) is 0 Å². The van der Waals surface area contributed by atoms with Gasteiger partial charge < -0.3 is 4.90 Å². The molecule has 0 saturated heterocycles. The predicted octanol–water partition coefficient (Wildman–Crippen LogP) is 8.07. The van der Waals surface area contributed by atoms with E-state index in [0.29, 0.717) is 0 Å². The molecule has 5 rings (SSSR count). The molecule has 0 amide bonds. The van der Waals surface area contributed by atoms with Crippen molar-refractivity contribution in [2.24, 2.45) is 0 Å². The number of fused-ring (bicyclic) bond motifs is 2. The zero-order chi connectivity index (χ0) is 18.9. The van der Waals surface area contributed by atoms with E-state index in [2.05, 4.69) is 137 Å². The number of halogens is 1. The molecule has 5 aromatic rings. The highest BCUT2D eigenvalue weighted by molar-refractivity contribution is 14.1. The molecule has 0 N–H and O–H groups in total. The van der Waals surface area contributed by atoms with Crippen molar-refractivity contribution in [3.63, 3.8) is 0 Å². The summed E-state index contributed by atoms with van der Waals surface area (Å²) in [5.41, 5.74) is 3.49. The fourth-order valence-electron chi connectivity index (χ4n) is 3.69. The van der Waals surface area contributed by atoms with Gasteiger partial charge >= 0.3 is 0 Å². The van der Waals surface area contributed by atoms with Crippen LogP contribution in [0.25, 0.3) is 21.5 Å². The van der Waals surface area contributed by atoms with Crippen molar-refractivity contribution in [1.82, 2.24) is 0 Å². The van der Waals surface area contributed by atoms with Crippen molar-refractivity contribution in [2.75, 3.05) is 4.90 Å². The normalized spacial score (nSPS) is 11.0. The average Bonchev–Trinajstić information content (AvgIpc) is 2.74. The third-order valence-electron chi connectivity index (χ3n) is 5.05. The van der Waals surface area contributed by atoms with Crippen LogP contribution in [0.1, 0.15) is 0 Å². The summed E-state index contributed by atoms with van der Waals surface area (Å²) in [5, 5.41) is 5.01. The molecule has 0 spiro atoms. The Morgan fingerprint density at radius 2 is 0.929 bits per heavy atom. The number of benzene rings is 5. The second kappa shape index (κ2) is 7.28. The van der Waals surface area contributed by atoms with Gasteiger partial charge in [-0.1, -0.05) is 66.7 Å². The first-order valence-electron chi connectivity index (χ1n) is 9.31. The first-order chi connectivity index (χ1) is 13.8. The Balaban J connectivity index is 1.73. The van der Waals surface area contributed by atoms with E-state index in [1.165, 1.54) is 25.1 Å². The van der Waals surface area contributed by atoms with Gasteiger partial charge in [-0.2, -0.15) is 0 Å². The number of nitrogens with zero attached hydrogens (tertiary/aromatic N) is 1. The number of hydrogen-bond donors (Lipinski definition) is 0. The minimum Gasteiger partial charge on any atom is -0.310 e. The lowest BCUT2D eigenvalue weighted by molar-refractivity contribution is 1.29. The molecule has 28 heavy (non-hydrogen) atoms. The average molecular weight is 471 g/mol. The smallest absolute Gasteiger partial charge is 0.0472 e. The molecular weight excluding hydrogens is 453 g/mol. The highest BCUT2D eigenvalue weighted by Crippen LogP contribution is 2.37. The Hall–Kier alpha value is -2.85. The lowest BCUT2D eigenvalue weighted by Gasteiger charge is -2.26. The maximum Gasteiger partial charge on any atom is 0.0472 e. The minimum atomic E-state index is 1.16. The third-order valence-corrected chi connectivity index (χ3v) is 5.72. The third kappa shape index (κ3) is 3.25. The van der Waals surface area contributed by atoms with E-state index < -0.39 is 0 Å². The Labute approximate surface area is 178 Å². The van der Waals surface area contributed by atoms with Crippen LogP contribution >= 0.6 is 22.6 Å². The summed E-state index contributed by atoms with van der Waals surface area (Å²) in [6, 6.07) is 39.0. The predicted molar refractivity (Wildman–Crippen MR) is 129 cm³/mol. The summed E-state index contributed by atoms with van der Waals surface area (Å²) in [6.07, 6.45) is 0. The molecule has 5 aromatic carbocycles. The fourth-order valence-corrected chi connectivity index (χ4v) is 4.22. The van der Waals surface area contributed by atoms with Gasteiger partial charge in [0.25, 0.3) is 0 Å². The van der Waals surface area contributed by atoms with Crippen LogP contribution in [0.5, 0.6) is 0 Å². The largest absolute Gasteiger partial charge is 0.310 e. The van der Waals surface area contributed by atoms with Crippen LogP contribution in [-0.4, -0.2) is 0 Å². The zero-order valence-corrected chi connectivity index (χ0v) is 17.4.